The van der Waals surface area contributed by atoms with Crippen molar-refractivity contribution in [3.63, 3.8) is 0 Å². The fourth-order valence-corrected chi connectivity index (χ4v) is 11.2. The van der Waals surface area contributed by atoms with Crippen LogP contribution in [0.4, 0.5) is 0 Å². The molecule has 8 atom stereocenters. The lowest BCUT2D eigenvalue weighted by Gasteiger charge is -2.57. The van der Waals surface area contributed by atoms with E-state index in [0.29, 0.717) is 36.0 Å². The van der Waals surface area contributed by atoms with Crippen LogP contribution in [0.2, 0.25) is 0 Å². The van der Waals surface area contributed by atoms with E-state index in [0.717, 1.165) is 29.5 Å². The molecule has 56 heavy (non-hydrogen) atoms. The van der Waals surface area contributed by atoms with Crippen molar-refractivity contribution in [2.24, 2.45) is 17.6 Å². The molecule has 5 unspecified atom stereocenters. The lowest BCUT2D eigenvalue weighted by Crippen LogP contribution is -2.81. The third-order valence-corrected chi connectivity index (χ3v) is 14.0. The van der Waals surface area contributed by atoms with Gasteiger partial charge in [-0.1, -0.05) is 56.3 Å². The van der Waals surface area contributed by atoms with Crippen LogP contribution in [0.1, 0.15) is 37.8 Å². The summed E-state index contributed by atoms with van der Waals surface area (Å²) >= 11 is 3.00. The summed E-state index contributed by atoms with van der Waals surface area (Å²) in [6.45, 7) is 5.30. The van der Waals surface area contributed by atoms with E-state index in [1.807, 2.05) is 68.4 Å². The van der Waals surface area contributed by atoms with Crippen LogP contribution in [0, 0.1) is 11.8 Å². The Bertz CT molecular complexity index is 1960. The van der Waals surface area contributed by atoms with Gasteiger partial charge < -0.3 is 35.5 Å². The van der Waals surface area contributed by atoms with Crippen LogP contribution in [-0.4, -0.2) is 116 Å². The van der Waals surface area contributed by atoms with Gasteiger partial charge in [-0.25, -0.2) is 9.59 Å². The van der Waals surface area contributed by atoms with Gasteiger partial charge in [0.25, 0.3) is 5.91 Å². The molecule has 298 valence electrons. The number of carbonyl (C=O) groups excluding carboxylic acids is 3. The number of rotatable bonds is 10. The molecule has 2 aromatic carbocycles. The Morgan fingerprint density at radius 1 is 0.857 bits per heavy atom. The zero-order chi connectivity index (χ0) is 39.9. The van der Waals surface area contributed by atoms with Gasteiger partial charge in [-0.2, -0.15) is 0 Å². The van der Waals surface area contributed by atoms with E-state index in [-0.39, 0.29) is 65.5 Å². The lowest BCUT2D eigenvalue weighted by atomic mass is 9.79. The molecule has 14 nitrogen and oxygen atoms in total. The number of carboxylic acid groups (broad SMARTS) is 2. The molecule has 6 aliphatic heterocycles. The Morgan fingerprint density at radius 3 is 1.96 bits per heavy atom. The van der Waals surface area contributed by atoms with Crippen LogP contribution in [0.25, 0.3) is 0 Å². The average Bonchev–Trinajstić information content (AvgIpc) is 3.83. The number of carboxylic acids is 2. The Labute approximate surface area is 333 Å². The van der Waals surface area contributed by atoms with E-state index in [9.17, 15) is 34.2 Å². The second kappa shape index (κ2) is 16.3. The van der Waals surface area contributed by atoms with Gasteiger partial charge in [-0.05, 0) is 59.1 Å². The van der Waals surface area contributed by atoms with Crippen LogP contribution >= 0.6 is 23.5 Å². The van der Waals surface area contributed by atoms with Crippen molar-refractivity contribution in [3.05, 3.63) is 88.3 Å². The molecule has 4 saturated heterocycles. The quantitative estimate of drug-likeness (QED) is 0.256. The number of benzene rings is 2. The number of hydrogen-bond acceptors (Lipinski definition) is 11. The maximum Gasteiger partial charge on any atom is 0.352 e. The second-order valence-electron chi connectivity index (χ2n) is 15.0. The van der Waals surface area contributed by atoms with Gasteiger partial charge >= 0.3 is 11.9 Å². The number of nitrogens with zero attached hydrogens (tertiary/aromatic N) is 2. The molecule has 4 fully saturated rings. The minimum absolute atomic E-state index is 0.00448. The normalized spacial score (nSPS) is 30.8. The molecule has 6 heterocycles. The first kappa shape index (κ1) is 39.9. The molecule has 3 amide bonds. The van der Waals surface area contributed by atoms with E-state index >= 15 is 0 Å². The van der Waals surface area contributed by atoms with Gasteiger partial charge in [-0.3, -0.25) is 24.2 Å². The smallest absolute Gasteiger partial charge is 0.352 e. The zero-order valence-electron chi connectivity index (χ0n) is 31.3. The molecule has 5 N–H and O–H groups in total. The molecular weight excluding hydrogens is 761 g/mol. The molecule has 0 radical (unpaired) electrons. The molecule has 0 bridgehead atoms. The zero-order valence-corrected chi connectivity index (χ0v) is 33.0. The SMILES string of the molecule is CC1CCOC1C1=C(C(=O)O)N2C(=O)[C@@H](N)[C@@H]2SC1.COc1ccc(CC2(NC(=O)Cc3ccccc3)C(=O)N3C(C(=O)O)=C(C4OCCC4C)CS[C@H]32)cc1. The number of hydrogen-bond donors (Lipinski definition) is 4. The van der Waals surface area contributed by atoms with E-state index in [2.05, 4.69) is 5.32 Å². The van der Waals surface area contributed by atoms with Gasteiger partial charge in [0.1, 0.15) is 33.9 Å². The van der Waals surface area contributed by atoms with Crippen LogP contribution < -0.4 is 15.8 Å². The van der Waals surface area contributed by atoms with Crippen LogP contribution in [-0.2, 0) is 46.3 Å². The minimum Gasteiger partial charge on any atom is -0.497 e. The number of nitrogens with two attached hydrogens (primary N) is 1. The molecule has 2 aromatic rings. The summed E-state index contributed by atoms with van der Waals surface area (Å²) in [6.07, 6.45) is 1.61. The van der Waals surface area contributed by atoms with Gasteiger partial charge in [-0.15, -0.1) is 23.5 Å². The summed E-state index contributed by atoms with van der Waals surface area (Å²) in [5.74, 6) is -1.09. The summed E-state index contributed by atoms with van der Waals surface area (Å²) in [5, 5.41) is 21.8. The summed E-state index contributed by atoms with van der Waals surface area (Å²) < 4.78 is 16.8. The maximum atomic E-state index is 13.9. The molecule has 6 aliphatic rings. The number of amides is 3. The standard InChI is InChI=1S/C28H30N2O6S.C12H16N2O4S/c1-17-12-13-36-24(17)21-16-37-27-28(26(34)30(27)23(21)25(32)33,15-19-8-10-20(35-2)11-9-19)29-22(31)14-18-6-4-3-5-7-18;1-5-2-3-18-9(5)6-4-19-11-7(13)10(15)14(11)8(6)12(16)17/h3-11,17,24,27H,12-16H2,1-2H3,(H,29,31)(H,32,33);5,7,9,11H,2-4,13H2,1H3,(H,16,17)/t17?,24?,27-,28?;5?,7-,9?,11+/m01/s1. The van der Waals surface area contributed by atoms with Crippen molar-refractivity contribution in [1.29, 1.82) is 0 Å². The summed E-state index contributed by atoms with van der Waals surface area (Å²) in [5.41, 5.74) is 7.57. The number of nitrogens with one attached hydrogen (secondary N) is 1. The topological polar surface area (TPSA) is 198 Å². The Balaban J connectivity index is 0.000000211. The number of aliphatic carboxylic acids is 2. The number of ether oxygens (including phenoxy) is 3. The predicted octanol–water partition coefficient (Wildman–Crippen LogP) is 3.01. The molecule has 16 heteroatoms. The number of fused-ring (bicyclic) bond motifs is 2. The highest BCUT2D eigenvalue weighted by molar-refractivity contribution is 8.00. The summed E-state index contributed by atoms with van der Waals surface area (Å²) in [6, 6.07) is 16.1. The largest absolute Gasteiger partial charge is 0.497 e. The fraction of sp³-hybridized carbons (Fsp3) is 0.475. The van der Waals surface area contributed by atoms with E-state index in [1.165, 1.54) is 33.3 Å². The highest BCUT2D eigenvalue weighted by Crippen LogP contribution is 2.50. The highest BCUT2D eigenvalue weighted by Gasteiger charge is 2.65. The number of thioether (sulfide) groups is 2. The van der Waals surface area contributed by atoms with E-state index in [1.54, 1.807) is 7.11 Å². The van der Waals surface area contributed by atoms with E-state index < -0.39 is 34.8 Å². The van der Waals surface area contributed by atoms with Gasteiger partial charge in [0.05, 0.1) is 25.7 Å². The summed E-state index contributed by atoms with van der Waals surface area (Å²) in [7, 11) is 1.58. The third-order valence-electron chi connectivity index (χ3n) is 11.3. The summed E-state index contributed by atoms with van der Waals surface area (Å²) in [4.78, 5) is 65.6. The Morgan fingerprint density at radius 2 is 1.43 bits per heavy atom. The van der Waals surface area contributed by atoms with Crippen LogP contribution in [0.15, 0.2) is 77.1 Å². The van der Waals surface area contributed by atoms with Crippen LogP contribution in [0.5, 0.6) is 5.75 Å². The second-order valence-corrected chi connectivity index (χ2v) is 17.1. The Hall–Kier alpha value is -4.35. The van der Waals surface area contributed by atoms with Gasteiger partial charge in [0, 0.05) is 31.1 Å². The van der Waals surface area contributed by atoms with Crippen molar-refractivity contribution in [2.45, 2.75) is 74.1 Å². The third kappa shape index (κ3) is 7.21. The monoisotopic (exact) mass is 806 g/mol. The van der Waals surface area contributed by atoms with Crippen LogP contribution in [0.3, 0.4) is 0 Å². The minimum atomic E-state index is -1.26. The van der Waals surface area contributed by atoms with Gasteiger partial charge in [0.2, 0.25) is 11.8 Å². The molecule has 0 aliphatic carbocycles. The first-order valence-electron chi connectivity index (χ1n) is 18.7. The molecule has 0 saturated carbocycles. The van der Waals surface area contributed by atoms with Crippen molar-refractivity contribution in [2.75, 3.05) is 31.8 Å². The predicted molar refractivity (Wildman–Crippen MR) is 208 cm³/mol. The fourth-order valence-electron chi connectivity index (χ4n) is 8.37. The molecule has 8 rings (SSSR count). The number of β-lactam (4-membered cyclic amide) rings is 2. The van der Waals surface area contributed by atoms with E-state index in [4.69, 9.17) is 19.9 Å². The van der Waals surface area contributed by atoms with Crippen molar-refractivity contribution in [1.82, 2.24) is 15.1 Å². The Kier molecular flexibility index (Phi) is 11.6. The molecule has 0 spiro atoms. The van der Waals surface area contributed by atoms with Crippen molar-refractivity contribution < 1.29 is 48.4 Å². The first-order valence-corrected chi connectivity index (χ1v) is 20.7. The van der Waals surface area contributed by atoms with Crippen molar-refractivity contribution in [3.8, 4) is 5.75 Å². The molecule has 0 aromatic heterocycles. The first-order chi connectivity index (χ1) is 26.9. The molecular formula is C40H46N4O10S2. The average molecular weight is 807 g/mol. The lowest BCUT2D eigenvalue weighted by molar-refractivity contribution is -0.159. The highest BCUT2D eigenvalue weighted by atomic mass is 32.2. The number of carbonyl (C=O) groups is 5. The number of methoxy groups -OCH3 is 1. The maximum absolute atomic E-state index is 13.9. The van der Waals surface area contributed by atoms with Crippen molar-refractivity contribution >= 4 is 53.2 Å². The van der Waals surface area contributed by atoms with Gasteiger partial charge in [0.15, 0.2) is 5.54 Å².